The molecular weight excluding hydrogens is 280 g/mol. The molecule has 0 bridgehead atoms. The van der Waals surface area contributed by atoms with Gasteiger partial charge in [-0.15, -0.1) is 0 Å². The molecule has 110 valence electrons. The first-order chi connectivity index (χ1) is 9.52. The second-order valence-corrected chi connectivity index (χ2v) is 6.68. The van der Waals surface area contributed by atoms with Crippen molar-refractivity contribution in [2.45, 2.75) is 6.42 Å². The number of amides is 1. The molecular formula is C13H18N2O4S. The topological polar surface area (TPSA) is 84.5 Å². The minimum Gasteiger partial charge on any atom is -0.492 e. The summed E-state index contributed by atoms with van der Waals surface area (Å²) in [5.74, 6) is 0.238. The number of carbonyl (C=O) groups excluding carboxylic acids is 1. The molecule has 1 aliphatic heterocycles. The van der Waals surface area contributed by atoms with Crippen LogP contribution in [0, 0.1) is 5.92 Å². The average molecular weight is 298 g/mol. The average Bonchev–Trinajstić information content (AvgIpc) is 2.46. The second-order valence-electron chi connectivity index (χ2n) is 4.63. The summed E-state index contributed by atoms with van der Waals surface area (Å²) in [7, 11) is -1.94. The van der Waals surface area contributed by atoms with Gasteiger partial charge < -0.3 is 10.1 Å². The van der Waals surface area contributed by atoms with Crippen LogP contribution >= 0.6 is 0 Å². The lowest BCUT2D eigenvalue weighted by Crippen LogP contribution is -2.40. The zero-order chi connectivity index (χ0) is 14.6. The Bertz CT molecular complexity index is 586. The lowest BCUT2D eigenvalue weighted by Gasteiger charge is -2.24. The van der Waals surface area contributed by atoms with E-state index in [2.05, 4.69) is 10.0 Å². The highest BCUT2D eigenvalue weighted by molar-refractivity contribution is 7.89. The number of nitrogens with one attached hydrogen (secondary N) is 2. The molecule has 20 heavy (non-hydrogen) atoms. The molecule has 0 radical (unpaired) electrons. The molecule has 2 N–H and O–H groups in total. The van der Waals surface area contributed by atoms with Crippen LogP contribution in [0.25, 0.3) is 0 Å². The molecule has 1 atom stereocenters. The van der Waals surface area contributed by atoms with Gasteiger partial charge in [0.2, 0.25) is 15.9 Å². The number of hydrogen-bond donors (Lipinski definition) is 2. The van der Waals surface area contributed by atoms with Gasteiger partial charge in [-0.05, 0) is 25.1 Å². The third-order valence-corrected chi connectivity index (χ3v) is 4.59. The first-order valence-electron chi connectivity index (χ1n) is 6.41. The fourth-order valence-corrected chi connectivity index (χ4v) is 2.63. The minimum absolute atomic E-state index is 0.0974. The van der Waals surface area contributed by atoms with E-state index in [1.54, 1.807) is 0 Å². The van der Waals surface area contributed by atoms with Gasteiger partial charge in [0.25, 0.3) is 0 Å². The van der Waals surface area contributed by atoms with Gasteiger partial charge in [0.1, 0.15) is 12.4 Å². The number of rotatable bonds is 5. The van der Waals surface area contributed by atoms with Crippen LogP contribution in [0.2, 0.25) is 0 Å². The molecule has 0 aromatic heterocycles. The van der Waals surface area contributed by atoms with Gasteiger partial charge in [0, 0.05) is 6.54 Å². The van der Waals surface area contributed by atoms with Crippen LogP contribution in [-0.2, 0) is 21.2 Å². The summed E-state index contributed by atoms with van der Waals surface area (Å²) in [5.41, 5.74) is 1.00. The van der Waals surface area contributed by atoms with Gasteiger partial charge in [0.15, 0.2) is 0 Å². The van der Waals surface area contributed by atoms with E-state index in [4.69, 9.17) is 4.74 Å². The van der Waals surface area contributed by atoms with E-state index >= 15 is 0 Å². The third-order valence-electron chi connectivity index (χ3n) is 3.23. The molecule has 1 aliphatic rings. The molecule has 0 fully saturated rings. The van der Waals surface area contributed by atoms with Crippen molar-refractivity contribution in [2.24, 2.45) is 5.92 Å². The Balaban J connectivity index is 1.86. The van der Waals surface area contributed by atoms with Crippen LogP contribution < -0.4 is 14.8 Å². The Hall–Kier alpha value is -1.60. The van der Waals surface area contributed by atoms with Gasteiger partial charge in [-0.3, -0.25) is 4.79 Å². The van der Waals surface area contributed by atoms with Crippen molar-refractivity contribution in [1.82, 2.24) is 10.0 Å². The quantitative estimate of drug-likeness (QED) is 0.795. The fourth-order valence-electron chi connectivity index (χ4n) is 2.05. The van der Waals surface area contributed by atoms with Crippen molar-refractivity contribution < 1.29 is 17.9 Å². The van der Waals surface area contributed by atoms with Crippen molar-refractivity contribution in [2.75, 3.05) is 26.0 Å². The van der Waals surface area contributed by atoms with Crippen molar-refractivity contribution >= 4 is 15.9 Å². The normalized spacial score (nSPS) is 17.9. The Morgan fingerprint density at radius 3 is 2.90 bits per heavy atom. The maximum atomic E-state index is 12.0. The summed E-state index contributed by atoms with van der Waals surface area (Å²) in [6, 6.07) is 7.60. The van der Waals surface area contributed by atoms with Gasteiger partial charge in [-0.2, -0.15) is 0 Å². The largest absolute Gasteiger partial charge is 0.492 e. The van der Waals surface area contributed by atoms with Crippen LogP contribution in [-0.4, -0.2) is 40.3 Å². The first-order valence-corrected chi connectivity index (χ1v) is 8.06. The Kier molecular flexibility index (Phi) is 4.61. The van der Waals surface area contributed by atoms with E-state index < -0.39 is 10.0 Å². The number of benzene rings is 1. The van der Waals surface area contributed by atoms with Crippen LogP contribution in [0.5, 0.6) is 5.75 Å². The lowest BCUT2D eigenvalue weighted by atomic mass is 9.96. The molecule has 7 heteroatoms. The number of fused-ring (bicyclic) bond motifs is 1. The number of sulfonamides is 1. The predicted octanol–water partition coefficient (Wildman–Crippen LogP) is -0.0969. The predicted molar refractivity (Wildman–Crippen MR) is 75.0 cm³/mol. The molecule has 0 saturated heterocycles. The molecule has 0 aliphatic carbocycles. The highest BCUT2D eigenvalue weighted by Gasteiger charge is 2.25. The molecule has 1 aromatic carbocycles. The minimum atomic E-state index is -3.29. The number of hydrogen-bond acceptors (Lipinski definition) is 4. The molecule has 0 saturated carbocycles. The smallest absolute Gasteiger partial charge is 0.226 e. The summed E-state index contributed by atoms with van der Waals surface area (Å²) in [4.78, 5) is 12.0. The summed E-state index contributed by atoms with van der Waals surface area (Å²) in [5, 5.41) is 2.64. The van der Waals surface area contributed by atoms with E-state index in [1.165, 1.54) is 7.05 Å². The molecule has 1 amide bonds. The number of ether oxygens (including phenoxy) is 1. The van der Waals surface area contributed by atoms with E-state index in [0.717, 1.165) is 11.3 Å². The summed E-state index contributed by atoms with van der Waals surface area (Å²) in [6.07, 6.45) is 0.612. The first kappa shape index (κ1) is 14.8. The van der Waals surface area contributed by atoms with E-state index in [9.17, 15) is 13.2 Å². The highest BCUT2D eigenvalue weighted by atomic mass is 32.2. The molecule has 2 rings (SSSR count). The molecule has 0 unspecified atom stereocenters. The Morgan fingerprint density at radius 1 is 1.40 bits per heavy atom. The third kappa shape index (κ3) is 3.71. The monoisotopic (exact) mass is 298 g/mol. The van der Waals surface area contributed by atoms with Crippen LogP contribution in [0.3, 0.4) is 0 Å². The van der Waals surface area contributed by atoms with E-state index in [1.807, 2.05) is 24.3 Å². The molecule has 0 spiro atoms. The summed E-state index contributed by atoms with van der Waals surface area (Å²) in [6.45, 7) is 0.418. The van der Waals surface area contributed by atoms with E-state index in [-0.39, 0.29) is 24.1 Å². The zero-order valence-corrected chi connectivity index (χ0v) is 12.1. The number of carbonyl (C=O) groups is 1. The van der Waals surface area contributed by atoms with Gasteiger partial charge >= 0.3 is 0 Å². The zero-order valence-electron chi connectivity index (χ0n) is 11.3. The summed E-state index contributed by atoms with van der Waals surface area (Å²) < 4.78 is 30.2. The van der Waals surface area contributed by atoms with Crippen molar-refractivity contribution in [3.05, 3.63) is 29.8 Å². The van der Waals surface area contributed by atoms with Gasteiger partial charge in [0.05, 0.1) is 11.7 Å². The van der Waals surface area contributed by atoms with Gasteiger partial charge in [-0.1, -0.05) is 18.2 Å². The maximum absolute atomic E-state index is 12.0. The lowest BCUT2D eigenvalue weighted by molar-refractivity contribution is -0.126. The van der Waals surface area contributed by atoms with Crippen LogP contribution in [0.1, 0.15) is 5.56 Å². The van der Waals surface area contributed by atoms with E-state index in [0.29, 0.717) is 13.0 Å². The SMILES string of the molecule is CNS(=O)(=O)CCNC(=O)[C@H]1COc2ccccc2C1. The van der Waals surface area contributed by atoms with Crippen molar-refractivity contribution in [1.29, 1.82) is 0 Å². The highest BCUT2D eigenvalue weighted by Crippen LogP contribution is 2.26. The van der Waals surface area contributed by atoms with Crippen LogP contribution in [0.4, 0.5) is 0 Å². The Morgan fingerprint density at radius 2 is 2.15 bits per heavy atom. The maximum Gasteiger partial charge on any atom is 0.226 e. The van der Waals surface area contributed by atoms with Crippen LogP contribution in [0.15, 0.2) is 24.3 Å². The Labute approximate surface area is 118 Å². The fraction of sp³-hybridized carbons (Fsp3) is 0.462. The molecule has 1 aromatic rings. The van der Waals surface area contributed by atoms with Gasteiger partial charge in [-0.25, -0.2) is 13.1 Å². The molecule has 1 heterocycles. The van der Waals surface area contributed by atoms with Crippen molar-refractivity contribution in [3.8, 4) is 5.75 Å². The number of para-hydroxylation sites is 1. The molecule has 6 nitrogen and oxygen atoms in total. The summed E-state index contributed by atoms with van der Waals surface area (Å²) >= 11 is 0. The van der Waals surface area contributed by atoms with Crippen molar-refractivity contribution in [3.63, 3.8) is 0 Å². The standard InChI is InChI=1S/C13H18N2O4S/c1-14-20(17,18)7-6-15-13(16)11-8-10-4-2-3-5-12(10)19-9-11/h2-5,11,14H,6-9H2,1H3,(H,15,16)/t11-/m1/s1. The second kappa shape index (κ2) is 6.23.